The third-order valence-corrected chi connectivity index (χ3v) is 5.31. The number of hydrogen-bond donors (Lipinski definition) is 2. The van der Waals surface area contributed by atoms with Crippen molar-refractivity contribution in [1.82, 2.24) is 9.88 Å². The van der Waals surface area contributed by atoms with E-state index in [1.54, 1.807) is 12.3 Å². The molecule has 1 aromatic carbocycles. The number of amides is 2. The Labute approximate surface area is 169 Å². The van der Waals surface area contributed by atoms with Crippen molar-refractivity contribution < 1.29 is 27.9 Å². The normalized spacial score (nSPS) is 17.3. The van der Waals surface area contributed by atoms with Gasteiger partial charge in [0.05, 0.1) is 28.8 Å². The lowest BCUT2D eigenvalue weighted by Gasteiger charge is -2.30. The Bertz CT molecular complexity index is 914. The maximum absolute atomic E-state index is 13.3. The van der Waals surface area contributed by atoms with E-state index in [1.807, 2.05) is 0 Å². The first-order valence-electron chi connectivity index (χ1n) is 9.02. The Morgan fingerprint density at radius 3 is 2.72 bits per heavy atom. The van der Waals surface area contributed by atoms with Crippen molar-refractivity contribution in [2.75, 3.05) is 18.4 Å². The molecule has 0 aliphatic carbocycles. The Hall–Kier alpha value is -2.46. The van der Waals surface area contributed by atoms with E-state index in [0.29, 0.717) is 25.1 Å². The van der Waals surface area contributed by atoms with Crippen LogP contribution in [0, 0.1) is 6.92 Å². The highest BCUT2D eigenvalue weighted by Crippen LogP contribution is 2.32. The van der Waals surface area contributed by atoms with Gasteiger partial charge in [0, 0.05) is 29.7 Å². The number of nitrogens with zero attached hydrogens (tertiary/aromatic N) is 2. The Balaban J connectivity index is 1.83. The van der Waals surface area contributed by atoms with E-state index in [4.69, 9.17) is 0 Å². The highest BCUT2D eigenvalue weighted by Gasteiger charge is 2.33. The quantitative estimate of drug-likeness (QED) is 0.785. The second-order valence-electron chi connectivity index (χ2n) is 6.93. The standard InChI is InChI=1S/C19H20F3N3O3S/c1-11-23-15(10-29-11)8-17(27)24-14-6-12(5-13(7-14)19(20,21)22)18(28)25-4-2-3-16(26)9-25/h5-7,10,16,26H,2-4,8-9H2,1H3,(H,24,27)/t16-/m0/s1. The van der Waals surface area contributed by atoms with Gasteiger partial charge < -0.3 is 15.3 Å². The zero-order chi connectivity index (χ0) is 21.2. The number of β-amino-alcohol motifs (C(OH)–C–C–N with tert-alkyl or cyclic N) is 1. The number of thiazole rings is 1. The van der Waals surface area contributed by atoms with Gasteiger partial charge in [0.25, 0.3) is 5.91 Å². The number of nitrogens with one attached hydrogen (secondary N) is 1. The van der Waals surface area contributed by atoms with Gasteiger partial charge in [-0.25, -0.2) is 4.98 Å². The van der Waals surface area contributed by atoms with E-state index in [2.05, 4.69) is 10.3 Å². The number of aromatic nitrogens is 1. The number of benzene rings is 1. The van der Waals surface area contributed by atoms with Gasteiger partial charge in [-0.05, 0) is 38.0 Å². The van der Waals surface area contributed by atoms with E-state index in [0.717, 1.165) is 17.1 Å². The molecule has 1 atom stereocenters. The lowest BCUT2D eigenvalue weighted by molar-refractivity contribution is -0.137. The number of aliphatic hydroxyl groups excluding tert-OH is 1. The number of carbonyl (C=O) groups is 2. The van der Waals surface area contributed by atoms with E-state index in [-0.39, 0.29) is 24.2 Å². The highest BCUT2D eigenvalue weighted by atomic mass is 32.1. The summed E-state index contributed by atoms with van der Waals surface area (Å²) < 4.78 is 39.9. The molecule has 0 spiro atoms. The topological polar surface area (TPSA) is 82.5 Å². The molecule has 0 bridgehead atoms. The third kappa shape index (κ3) is 5.54. The monoisotopic (exact) mass is 427 g/mol. The molecule has 29 heavy (non-hydrogen) atoms. The number of hydrogen-bond acceptors (Lipinski definition) is 5. The molecule has 2 heterocycles. The van der Waals surface area contributed by atoms with Gasteiger partial charge in [0.2, 0.25) is 5.91 Å². The Kier molecular flexibility index (Phi) is 6.23. The molecule has 1 aliphatic heterocycles. The molecule has 1 fully saturated rings. The molecule has 156 valence electrons. The summed E-state index contributed by atoms with van der Waals surface area (Å²) in [7, 11) is 0. The molecule has 1 aromatic heterocycles. The van der Waals surface area contributed by atoms with Crippen molar-refractivity contribution in [2.45, 2.75) is 38.5 Å². The van der Waals surface area contributed by atoms with Gasteiger partial charge >= 0.3 is 6.18 Å². The Morgan fingerprint density at radius 2 is 2.10 bits per heavy atom. The molecule has 2 amide bonds. The van der Waals surface area contributed by atoms with E-state index in [9.17, 15) is 27.9 Å². The largest absolute Gasteiger partial charge is 0.416 e. The van der Waals surface area contributed by atoms with Crippen LogP contribution in [-0.2, 0) is 17.4 Å². The Morgan fingerprint density at radius 1 is 1.34 bits per heavy atom. The molecule has 6 nitrogen and oxygen atoms in total. The lowest BCUT2D eigenvalue weighted by atomic mass is 10.0. The number of carbonyl (C=O) groups excluding carboxylic acids is 2. The third-order valence-electron chi connectivity index (χ3n) is 4.48. The van der Waals surface area contributed by atoms with E-state index in [1.165, 1.54) is 22.3 Å². The SMILES string of the molecule is Cc1nc(CC(=O)Nc2cc(C(=O)N3CCC[C@H](O)C3)cc(C(F)(F)F)c2)cs1. The maximum atomic E-state index is 13.3. The molecular weight excluding hydrogens is 407 g/mol. The van der Waals surface area contributed by atoms with Gasteiger partial charge in [0.15, 0.2) is 0 Å². The number of halogens is 3. The number of rotatable bonds is 4. The number of anilines is 1. The van der Waals surface area contributed by atoms with Crippen LogP contribution in [0.4, 0.5) is 18.9 Å². The first-order valence-corrected chi connectivity index (χ1v) is 9.90. The molecule has 1 saturated heterocycles. The highest BCUT2D eigenvalue weighted by molar-refractivity contribution is 7.09. The zero-order valence-corrected chi connectivity index (χ0v) is 16.4. The fourth-order valence-corrected chi connectivity index (χ4v) is 3.78. The van der Waals surface area contributed by atoms with Gasteiger partial charge in [-0.3, -0.25) is 9.59 Å². The summed E-state index contributed by atoms with van der Waals surface area (Å²) >= 11 is 1.37. The van der Waals surface area contributed by atoms with Crippen LogP contribution in [0.5, 0.6) is 0 Å². The van der Waals surface area contributed by atoms with Crippen LogP contribution < -0.4 is 5.32 Å². The smallest absolute Gasteiger partial charge is 0.391 e. The number of aryl methyl sites for hydroxylation is 1. The second kappa shape index (κ2) is 8.50. The van der Waals surface area contributed by atoms with E-state index < -0.39 is 29.7 Å². The van der Waals surface area contributed by atoms with Crippen LogP contribution >= 0.6 is 11.3 Å². The second-order valence-corrected chi connectivity index (χ2v) is 7.99. The fraction of sp³-hybridized carbons (Fsp3) is 0.421. The number of aliphatic hydroxyl groups is 1. The van der Waals surface area contributed by atoms with Crippen molar-refractivity contribution in [3.63, 3.8) is 0 Å². The molecular formula is C19H20F3N3O3S. The number of likely N-dealkylation sites (tertiary alicyclic amines) is 1. The van der Waals surface area contributed by atoms with Crippen molar-refractivity contribution in [3.8, 4) is 0 Å². The van der Waals surface area contributed by atoms with Crippen molar-refractivity contribution in [3.05, 3.63) is 45.4 Å². The first-order chi connectivity index (χ1) is 13.6. The average molecular weight is 427 g/mol. The summed E-state index contributed by atoms with van der Waals surface area (Å²) in [6, 6.07) is 2.79. The summed E-state index contributed by atoms with van der Waals surface area (Å²) in [4.78, 5) is 30.4. The summed E-state index contributed by atoms with van der Waals surface area (Å²) in [5.74, 6) is -1.14. The number of alkyl halides is 3. The molecule has 0 radical (unpaired) electrons. The van der Waals surface area contributed by atoms with Crippen LogP contribution in [0.25, 0.3) is 0 Å². The van der Waals surface area contributed by atoms with Crippen molar-refractivity contribution >= 4 is 28.8 Å². The minimum Gasteiger partial charge on any atom is -0.391 e. The molecule has 2 aromatic rings. The molecule has 2 N–H and O–H groups in total. The van der Waals surface area contributed by atoms with Crippen LogP contribution in [0.2, 0.25) is 0 Å². The zero-order valence-electron chi connectivity index (χ0n) is 15.6. The molecule has 3 rings (SSSR count). The van der Waals surface area contributed by atoms with Crippen LogP contribution in [-0.4, -0.2) is 46.0 Å². The summed E-state index contributed by atoms with van der Waals surface area (Å²) in [6.45, 7) is 2.21. The predicted molar refractivity (Wildman–Crippen MR) is 102 cm³/mol. The molecule has 10 heteroatoms. The van der Waals surface area contributed by atoms with E-state index >= 15 is 0 Å². The first kappa shape index (κ1) is 21.3. The van der Waals surface area contributed by atoms with Crippen LogP contribution in [0.15, 0.2) is 23.6 Å². The van der Waals surface area contributed by atoms with Crippen LogP contribution in [0.3, 0.4) is 0 Å². The fourth-order valence-electron chi connectivity index (χ4n) is 3.17. The lowest BCUT2D eigenvalue weighted by Crippen LogP contribution is -2.42. The molecule has 0 saturated carbocycles. The van der Waals surface area contributed by atoms with Crippen molar-refractivity contribution in [1.29, 1.82) is 0 Å². The molecule has 1 aliphatic rings. The summed E-state index contributed by atoms with van der Waals surface area (Å²) in [5.41, 5.74) is -0.803. The van der Waals surface area contributed by atoms with Gasteiger partial charge in [-0.15, -0.1) is 11.3 Å². The van der Waals surface area contributed by atoms with Gasteiger partial charge in [-0.2, -0.15) is 13.2 Å². The minimum atomic E-state index is -4.68. The van der Waals surface area contributed by atoms with Gasteiger partial charge in [-0.1, -0.05) is 0 Å². The molecule has 0 unspecified atom stereocenters. The van der Waals surface area contributed by atoms with Crippen LogP contribution in [0.1, 0.15) is 39.5 Å². The number of piperidine rings is 1. The van der Waals surface area contributed by atoms with Crippen molar-refractivity contribution in [2.24, 2.45) is 0 Å². The average Bonchev–Trinajstić information content (AvgIpc) is 3.04. The minimum absolute atomic E-state index is 0.0694. The van der Waals surface area contributed by atoms with Gasteiger partial charge in [0.1, 0.15) is 0 Å². The predicted octanol–water partition coefficient (Wildman–Crippen LogP) is 3.25. The summed E-state index contributed by atoms with van der Waals surface area (Å²) in [5, 5.41) is 14.7. The maximum Gasteiger partial charge on any atom is 0.416 e. The summed E-state index contributed by atoms with van der Waals surface area (Å²) in [6.07, 6.45) is -4.34.